The molecule has 122 valence electrons. The van der Waals surface area contributed by atoms with Crippen LogP contribution < -0.4 is 0 Å². The highest BCUT2D eigenvalue weighted by Crippen LogP contribution is 2.17. The molecular weight excluding hydrogens is 309 g/mol. The normalized spacial score (nSPS) is 11.1. The first kappa shape index (κ1) is 15.9. The largest absolute Gasteiger partial charge is 0.386 e. The minimum Gasteiger partial charge on any atom is -0.386 e. The quantitative estimate of drug-likeness (QED) is 0.508. The fraction of sp³-hybridized carbons (Fsp3) is 0.167. The van der Waals surface area contributed by atoms with Crippen molar-refractivity contribution in [3.8, 4) is 11.4 Å². The molecule has 6 heteroatoms. The van der Waals surface area contributed by atoms with Crippen LogP contribution in [0.15, 0.2) is 58.2 Å². The number of hydrogen-bond acceptors (Lipinski definition) is 5. The fourth-order valence-electron chi connectivity index (χ4n) is 2.09. The van der Waals surface area contributed by atoms with Crippen molar-refractivity contribution in [3.05, 3.63) is 71.4 Å². The lowest BCUT2D eigenvalue weighted by Crippen LogP contribution is -1.91. The maximum atomic E-state index is 13.4. The Bertz CT molecular complexity index is 828. The lowest BCUT2D eigenvalue weighted by molar-refractivity contribution is 0.107. The third kappa shape index (κ3) is 3.84. The van der Waals surface area contributed by atoms with Crippen molar-refractivity contribution >= 4 is 6.21 Å². The van der Waals surface area contributed by atoms with E-state index in [4.69, 9.17) is 9.36 Å². The van der Waals surface area contributed by atoms with Crippen LogP contribution in [0.1, 0.15) is 23.9 Å². The average molecular weight is 325 g/mol. The van der Waals surface area contributed by atoms with Crippen LogP contribution >= 0.6 is 0 Å². The zero-order chi connectivity index (χ0) is 16.8. The first-order chi connectivity index (χ1) is 11.8. The zero-order valence-corrected chi connectivity index (χ0v) is 13.1. The lowest BCUT2D eigenvalue weighted by atomic mass is 10.1. The van der Waals surface area contributed by atoms with Gasteiger partial charge in [0.2, 0.25) is 5.82 Å². The molecule has 2 aromatic carbocycles. The molecule has 0 saturated carbocycles. The van der Waals surface area contributed by atoms with E-state index in [1.165, 1.54) is 17.8 Å². The molecule has 0 aliphatic rings. The number of benzene rings is 2. The summed E-state index contributed by atoms with van der Waals surface area (Å²) in [5.74, 6) is 0.435. The van der Waals surface area contributed by atoms with Gasteiger partial charge in [0.25, 0.3) is 5.89 Å². The van der Waals surface area contributed by atoms with Gasteiger partial charge in [-0.05, 0) is 18.1 Å². The van der Waals surface area contributed by atoms with Crippen LogP contribution in [0.5, 0.6) is 0 Å². The first-order valence-electron chi connectivity index (χ1n) is 7.58. The number of halogens is 1. The van der Waals surface area contributed by atoms with Gasteiger partial charge in [-0.1, -0.05) is 59.7 Å². The molecule has 24 heavy (non-hydrogen) atoms. The van der Waals surface area contributed by atoms with E-state index < -0.39 is 0 Å². The summed E-state index contributed by atoms with van der Waals surface area (Å²) in [6, 6.07) is 14.2. The van der Waals surface area contributed by atoms with Gasteiger partial charge in [-0.3, -0.25) is 0 Å². The maximum absolute atomic E-state index is 13.4. The van der Waals surface area contributed by atoms with Crippen molar-refractivity contribution in [2.24, 2.45) is 5.16 Å². The lowest BCUT2D eigenvalue weighted by Gasteiger charge is -1.97. The van der Waals surface area contributed by atoms with Gasteiger partial charge in [-0.15, -0.1) is 0 Å². The molecule has 0 spiro atoms. The Hall–Kier alpha value is -3.02. The minimum atomic E-state index is -0.361. The van der Waals surface area contributed by atoms with Gasteiger partial charge in [-0.2, -0.15) is 4.98 Å². The topological polar surface area (TPSA) is 60.5 Å². The Morgan fingerprint density at radius 3 is 2.71 bits per heavy atom. The summed E-state index contributed by atoms with van der Waals surface area (Å²) in [6.45, 7) is 2.12. The molecule has 0 bridgehead atoms. The molecule has 0 N–H and O–H groups in total. The van der Waals surface area contributed by atoms with Crippen LogP contribution in [-0.4, -0.2) is 16.4 Å². The highest BCUT2D eigenvalue weighted by molar-refractivity contribution is 5.79. The Morgan fingerprint density at radius 2 is 1.96 bits per heavy atom. The van der Waals surface area contributed by atoms with Crippen molar-refractivity contribution in [3.63, 3.8) is 0 Å². The van der Waals surface area contributed by atoms with E-state index in [0.29, 0.717) is 17.3 Å². The molecule has 0 aliphatic heterocycles. The first-order valence-corrected chi connectivity index (χ1v) is 7.58. The van der Waals surface area contributed by atoms with Gasteiger partial charge in [0.15, 0.2) is 6.61 Å². The molecule has 0 aliphatic carbocycles. The Kier molecular flexibility index (Phi) is 4.96. The van der Waals surface area contributed by atoms with Crippen molar-refractivity contribution in [2.75, 3.05) is 0 Å². The fourth-order valence-corrected chi connectivity index (χ4v) is 2.09. The van der Waals surface area contributed by atoms with Crippen LogP contribution in [0.3, 0.4) is 0 Å². The molecule has 0 fully saturated rings. The number of aromatic nitrogens is 2. The van der Waals surface area contributed by atoms with Crippen LogP contribution in [-0.2, 0) is 17.9 Å². The maximum Gasteiger partial charge on any atom is 0.267 e. The SMILES string of the molecule is CCc1ccc(-c2noc(CO/N=C\c3ccccc3F)n2)cc1. The van der Waals surface area contributed by atoms with Gasteiger partial charge in [-0.25, -0.2) is 4.39 Å². The van der Waals surface area contributed by atoms with E-state index in [9.17, 15) is 4.39 Å². The molecule has 5 nitrogen and oxygen atoms in total. The van der Waals surface area contributed by atoms with Crippen molar-refractivity contribution in [2.45, 2.75) is 20.0 Å². The van der Waals surface area contributed by atoms with Gasteiger partial charge < -0.3 is 9.36 Å². The molecule has 0 radical (unpaired) electrons. The molecule has 1 aromatic heterocycles. The van der Waals surface area contributed by atoms with Gasteiger partial charge in [0.1, 0.15) is 5.82 Å². The predicted octanol–water partition coefficient (Wildman–Crippen LogP) is 3.99. The van der Waals surface area contributed by atoms with Crippen molar-refractivity contribution in [1.82, 2.24) is 10.1 Å². The van der Waals surface area contributed by atoms with E-state index in [1.54, 1.807) is 18.2 Å². The summed E-state index contributed by atoms with van der Waals surface area (Å²) in [5.41, 5.74) is 2.46. The van der Waals surface area contributed by atoms with Crippen LogP contribution in [0.2, 0.25) is 0 Å². The molecule has 0 saturated heterocycles. The number of nitrogens with zero attached hydrogens (tertiary/aromatic N) is 3. The molecule has 1 heterocycles. The Morgan fingerprint density at radius 1 is 1.17 bits per heavy atom. The molecule has 0 unspecified atom stereocenters. The molecule has 3 rings (SSSR count). The van der Waals surface area contributed by atoms with Crippen LogP contribution in [0, 0.1) is 5.82 Å². The minimum absolute atomic E-state index is 0.0188. The third-order valence-electron chi connectivity index (χ3n) is 3.45. The average Bonchev–Trinajstić information content (AvgIpc) is 3.09. The van der Waals surface area contributed by atoms with Crippen LogP contribution in [0.4, 0.5) is 4.39 Å². The van der Waals surface area contributed by atoms with Crippen LogP contribution in [0.25, 0.3) is 11.4 Å². The van der Waals surface area contributed by atoms with Crippen molar-refractivity contribution < 1.29 is 13.8 Å². The zero-order valence-electron chi connectivity index (χ0n) is 13.1. The Labute approximate surface area is 138 Å². The molecule has 3 aromatic rings. The highest BCUT2D eigenvalue weighted by atomic mass is 19.1. The third-order valence-corrected chi connectivity index (χ3v) is 3.45. The summed E-state index contributed by atoms with van der Waals surface area (Å²) in [4.78, 5) is 9.32. The molecular formula is C18H16FN3O2. The van der Waals surface area contributed by atoms with Gasteiger partial charge >= 0.3 is 0 Å². The van der Waals surface area contributed by atoms with E-state index in [2.05, 4.69) is 22.2 Å². The Balaban J connectivity index is 1.59. The number of hydrogen-bond donors (Lipinski definition) is 0. The van der Waals surface area contributed by atoms with E-state index in [1.807, 2.05) is 24.3 Å². The number of oxime groups is 1. The summed E-state index contributed by atoms with van der Waals surface area (Å²) < 4.78 is 18.5. The summed E-state index contributed by atoms with van der Waals surface area (Å²) >= 11 is 0. The number of rotatable bonds is 6. The standard InChI is InChI=1S/C18H16FN3O2/c1-2-13-7-9-14(10-8-13)18-21-17(24-22-18)12-23-20-11-15-5-3-4-6-16(15)19/h3-11H,2,12H2,1H3/b20-11-. The van der Waals surface area contributed by atoms with Gasteiger partial charge in [0.05, 0.1) is 6.21 Å². The predicted molar refractivity (Wildman–Crippen MR) is 87.9 cm³/mol. The molecule has 0 atom stereocenters. The monoisotopic (exact) mass is 325 g/mol. The smallest absolute Gasteiger partial charge is 0.267 e. The number of aryl methyl sites for hydroxylation is 1. The summed E-state index contributed by atoms with van der Waals surface area (Å²) in [7, 11) is 0. The second-order valence-corrected chi connectivity index (χ2v) is 5.09. The van der Waals surface area contributed by atoms with E-state index in [0.717, 1.165) is 12.0 Å². The second-order valence-electron chi connectivity index (χ2n) is 5.09. The highest BCUT2D eigenvalue weighted by Gasteiger charge is 2.08. The second kappa shape index (κ2) is 7.50. The van der Waals surface area contributed by atoms with Crippen molar-refractivity contribution in [1.29, 1.82) is 0 Å². The molecule has 0 amide bonds. The van der Waals surface area contributed by atoms with E-state index in [-0.39, 0.29) is 12.4 Å². The summed E-state index contributed by atoms with van der Waals surface area (Å²) in [6.07, 6.45) is 2.28. The van der Waals surface area contributed by atoms with E-state index >= 15 is 0 Å². The van der Waals surface area contributed by atoms with Gasteiger partial charge in [0, 0.05) is 11.1 Å². The summed E-state index contributed by atoms with van der Waals surface area (Å²) in [5, 5.41) is 7.62.